The molecule has 0 amide bonds. The second-order valence-corrected chi connectivity index (χ2v) is 8.20. The predicted molar refractivity (Wildman–Crippen MR) is 90.0 cm³/mol. The fourth-order valence-corrected chi connectivity index (χ4v) is 4.32. The molecule has 0 aliphatic heterocycles. The molecule has 0 bridgehead atoms. The summed E-state index contributed by atoms with van der Waals surface area (Å²) in [5.74, 6) is -2.17. The van der Waals surface area contributed by atoms with Crippen molar-refractivity contribution >= 4 is 19.4 Å². The van der Waals surface area contributed by atoms with Crippen molar-refractivity contribution < 1.29 is 27.0 Å². The van der Waals surface area contributed by atoms with Crippen molar-refractivity contribution in [2.45, 2.75) is 36.9 Å². The summed E-state index contributed by atoms with van der Waals surface area (Å²) in [7, 11) is 2.95. The molecule has 1 saturated carbocycles. The molecular formula is C17H23F4NO2Se. The average molecular weight is 428 g/mol. The van der Waals surface area contributed by atoms with Crippen molar-refractivity contribution in [3.05, 3.63) is 17.7 Å². The van der Waals surface area contributed by atoms with Crippen LogP contribution in [0.3, 0.4) is 0 Å². The van der Waals surface area contributed by atoms with E-state index < -0.39 is 32.6 Å². The van der Waals surface area contributed by atoms with Crippen molar-refractivity contribution in [2.75, 3.05) is 27.3 Å². The van der Waals surface area contributed by atoms with E-state index in [2.05, 4.69) is 5.32 Å². The van der Waals surface area contributed by atoms with Crippen LogP contribution in [0.1, 0.15) is 18.4 Å². The van der Waals surface area contributed by atoms with Gasteiger partial charge in [0.15, 0.2) is 0 Å². The first-order valence-corrected chi connectivity index (χ1v) is 10.2. The van der Waals surface area contributed by atoms with Crippen LogP contribution in [0.4, 0.5) is 17.6 Å². The summed E-state index contributed by atoms with van der Waals surface area (Å²) >= 11 is -0.846. The van der Waals surface area contributed by atoms with Crippen molar-refractivity contribution in [1.29, 1.82) is 0 Å². The third kappa shape index (κ3) is 6.04. The Hall–Kier alpha value is -0.981. The van der Waals surface area contributed by atoms with Crippen molar-refractivity contribution in [3.63, 3.8) is 0 Å². The number of hydrogen-bond donors (Lipinski definition) is 1. The number of rotatable bonds is 11. The van der Waals surface area contributed by atoms with E-state index in [1.807, 2.05) is 0 Å². The molecular weight excluding hydrogens is 405 g/mol. The second kappa shape index (κ2) is 9.10. The van der Waals surface area contributed by atoms with Crippen LogP contribution in [0.25, 0.3) is 0 Å². The molecule has 0 saturated heterocycles. The van der Waals surface area contributed by atoms with Crippen LogP contribution >= 0.6 is 0 Å². The van der Waals surface area contributed by atoms with E-state index in [4.69, 9.17) is 9.47 Å². The quantitative estimate of drug-likeness (QED) is 0.334. The van der Waals surface area contributed by atoms with Crippen LogP contribution in [0.15, 0.2) is 12.1 Å². The summed E-state index contributed by atoms with van der Waals surface area (Å²) in [5.41, 5.74) is 0.905. The minimum absolute atomic E-state index is 0.447. The predicted octanol–water partition coefficient (Wildman–Crippen LogP) is 2.89. The molecule has 1 aliphatic carbocycles. The molecule has 25 heavy (non-hydrogen) atoms. The molecule has 8 heteroatoms. The van der Waals surface area contributed by atoms with E-state index in [0.717, 1.165) is 24.6 Å². The number of alkyl halides is 4. The Kier molecular flexibility index (Phi) is 7.40. The Balaban J connectivity index is 2.03. The van der Waals surface area contributed by atoms with Gasteiger partial charge in [0.05, 0.1) is 0 Å². The van der Waals surface area contributed by atoms with Gasteiger partial charge in [0, 0.05) is 0 Å². The molecule has 3 nitrogen and oxygen atoms in total. The van der Waals surface area contributed by atoms with Gasteiger partial charge in [-0.25, -0.2) is 0 Å². The molecule has 142 valence electrons. The zero-order valence-corrected chi connectivity index (χ0v) is 16.0. The summed E-state index contributed by atoms with van der Waals surface area (Å²) in [6, 6.07) is 3.39. The van der Waals surface area contributed by atoms with Gasteiger partial charge in [-0.05, 0) is 0 Å². The number of nitrogens with one attached hydrogen (secondary N) is 1. The van der Waals surface area contributed by atoms with E-state index in [0.29, 0.717) is 22.4 Å². The molecule has 1 N–H and O–H groups in total. The Morgan fingerprint density at radius 2 is 1.88 bits per heavy atom. The number of ether oxygens (including phenoxy) is 2. The normalized spacial score (nSPS) is 14.8. The molecule has 0 radical (unpaired) electrons. The van der Waals surface area contributed by atoms with Crippen LogP contribution in [0, 0.1) is 5.92 Å². The standard InChI is InChI=1S/C17H23F4NO2Se/c1-23-13-8-15(25-10-17(20,21)16(18)19)14(24-2)7-12(13)5-6-22-9-11-3-4-11/h7-8,11,16,22H,3-6,9-10H2,1-2H3. The SMILES string of the molecule is COc1cc([Se]CC(F)(F)C(F)F)c(OC)cc1CCNCC1CC1. The average Bonchev–Trinajstić information content (AvgIpc) is 3.40. The Bertz CT molecular complexity index is 568. The second-order valence-electron chi connectivity index (χ2n) is 6.06. The fraction of sp³-hybridized carbons (Fsp3) is 0.647. The molecule has 0 aromatic heterocycles. The molecule has 1 fully saturated rings. The Morgan fingerprint density at radius 3 is 2.44 bits per heavy atom. The molecule has 1 aromatic rings. The molecule has 2 rings (SSSR count). The van der Waals surface area contributed by atoms with Crippen LogP contribution in [-0.2, 0) is 6.42 Å². The van der Waals surface area contributed by atoms with Crippen molar-refractivity contribution in [1.82, 2.24) is 5.32 Å². The van der Waals surface area contributed by atoms with Crippen molar-refractivity contribution in [2.24, 2.45) is 5.92 Å². The summed E-state index contributed by atoms with van der Waals surface area (Å²) in [6.07, 6.45) is -0.375. The van der Waals surface area contributed by atoms with E-state index in [1.54, 1.807) is 12.1 Å². The zero-order chi connectivity index (χ0) is 18.4. The number of benzene rings is 1. The monoisotopic (exact) mass is 429 g/mol. The van der Waals surface area contributed by atoms with Gasteiger partial charge >= 0.3 is 151 Å². The first kappa shape index (κ1) is 20.3. The van der Waals surface area contributed by atoms with Gasteiger partial charge in [-0.2, -0.15) is 0 Å². The van der Waals surface area contributed by atoms with E-state index in [9.17, 15) is 17.6 Å². The third-order valence-corrected chi connectivity index (χ3v) is 6.44. The van der Waals surface area contributed by atoms with Gasteiger partial charge < -0.3 is 0 Å². The number of methoxy groups -OCH3 is 2. The zero-order valence-electron chi connectivity index (χ0n) is 14.3. The van der Waals surface area contributed by atoms with Gasteiger partial charge in [-0.1, -0.05) is 0 Å². The van der Waals surface area contributed by atoms with Crippen LogP contribution in [0.2, 0.25) is 5.32 Å². The molecule has 0 spiro atoms. The fourth-order valence-electron chi connectivity index (χ4n) is 2.33. The third-order valence-electron chi connectivity index (χ3n) is 4.01. The van der Waals surface area contributed by atoms with Gasteiger partial charge in [-0.3, -0.25) is 0 Å². The number of halogens is 4. The maximum absolute atomic E-state index is 13.2. The number of hydrogen-bond acceptors (Lipinski definition) is 3. The van der Waals surface area contributed by atoms with Crippen LogP contribution < -0.4 is 19.3 Å². The molecule has 0 unspecified atom stereocenters. The molecule has 1 aliphatic rings. The molecule has 0 heterocycles. The minimum atomic E-state index is -3.98. The van der Waals surface area contributed by atoms with E-state index in [1.165, 1.54) is 27.1 Å². The Morgan fingerprint density at radius 1 is 1.20 bits per heavy atom. The van der Waals surface area contributed by atoms with Crippen LogP contribution in [-0.4, -0.2) is 54.6 Å². The van der Waals surface area contributed by atoms with Crippen LogP contribution in [0.5, 0.6) is 11.5 Å². The summed E-state index contributed by atoms with van der Waals surface area (Å²) in [5, 5.41) is 2.51. The first-order chi connectivity index (χ1) is 11.9. The summed E-state index contributed by atoms with van der Waals surface area (Å²) in [6.45, 7) is 1.79. The Labute approximate surface area is 151 Å². The maximum atomic E-state index is 13.2. The molecule has 0 atom stereocenters. The van der Waals surface area contributed by atoms with Gasteiger partial charge in [0.2, 0.25) is 0 Å². The molecule has 1 aromatic carbocycles. The first-order valence-electron chi connectivity index (χ1n) is 8.11. The summed E-state index contributed by atoms with van der Waals surface area (Å²) in [4.78, 5) is 0. The topological polar surface area (TPSA) is 30.5 Å². The van der Waals surface area contributed by atoms with E-state index >= 15 is 0 Å². The van der Waals surface area contributed by atoms with Gasteiger partial charge in [0.1, 0.15) is 0 Å². The van der Waals surface area contributed by atoms with Gasteiger partial charge in [0.25, 0.3) is 0 Å². The van der Waals surface area contributed by atoms with Crippen molar-refractivity contribution in [3.8, 4) is 11.5 Å². The van der Waals surface area contributed by atoms with E-state index in [-0.39, 0.29) is 0 Å². The summed E-state index contributed by atoms with van der Waals surface area (Å²) < 4.78 is 62.2. The van der Waals surface area contributed by atoms with Gasteiger partial charge in [-0.15, -0.1) is 0 Å².